The summed E-state index contributed by atoms with van der Waals surface area (Å²) in [5.41, 5.74) is 0. The van der Waals surface area contributed by atoms with E-state index in [1.54, 1.807) is 0 Å². The standard InChI is InChI=1S/C4H4Br2O3/c5-1-2(6)4(8)9-3(1)7/h1-3,7H/t1-,2+,3-/m0/s1. The van der Waals surface area contributed by atoms with Crippen LogP contribution in [0, 0.1) is 0 Å². The number of alkyl halides is 2. The van der Waals surface area contributed by atoms with Crippen LogP contribution in [0.2, 0.25) is 0 Å². The molecule has 0 spiro atoms. The number of carbonyl (C=O) groups excluding carboxylic acids is 1. The number of hydrogen-bond donors (Lipinski definition) is 1. The number of aliphatic hydroxyl groups excluding tert-OH is 1. The molecule has 0 saturated carbocycles. The Hall–Kier alpha value is 0.390. The lowest BCUT2D eigenvalue weighted by molar-refractivity contribution is -0.152. The molecule has 0 aliphatic carbocycles. The molecule has 1 saturated heterocycles. The summed E-state index contributed by atoms with van der Waals surface area (Å²) < 4.78 is 4.41. The fourth-order valence-electron chi connectivity index (χ4n) is 0.524. The van der Waals surface area contributed by atoms with Crippen LogP contribution >= 0.6 is 31.9 Å². The van der Waals surface area contributed by atoms with Crippen LogP contribution in [0.4, 0.5) is 0 Å². The van der Waals surface area contributed by atoms with E-state index in [0.717, 1.165) is 0 Å². The molecule has 1 aliphatic heterocycles. The number of halogens is 2. The number of hydrogen-bond acceptors (Lipinski definition) is 3. The molecule has 1 N–H and O–H groups in total. The number of rotatable bonds is 0. The van der Waals surface area contributed by atoms with Crippen LogP contribution in [0.3, 0.4) is 0 Å². The number of esters is 1. The van der Waals surface area contributed by atoms with E-state index in [4.69, 9.17) is 5.11 Å². The second kappa shape index (κ2) is 2.56. The first-order valence-electron chi connectivity index (χ1n) is 2.29. The SMILES string of the molecule is O=C1O[C@H](O)[C@@H](Br)[C@H]1Br. The largest absolute Gasteiger partial charge is 0.434 e. The van der Waals surface area contributed by atoms with Crippen molar-refractivity contribution in [1.82, 2.24) is 0 Å². The average molecular weight is 260 g/mol. The van der Waals surface area contributed by atoms with Gasteiger partial charge in [-0.1, -0.05) is 31.9 Å². The third-order valence-electron chi connectivity index (χ3n) is 1.01. The lowest BCUT2D eigenvalue weighted by Gasteiger charge is -2.02. The average Bonchev–Trinajstić information content (AvgIpc) is 1.98. The van der Waals surface area contributed by atoms with E-state index in [1.807, 2.05) is 0 Å². The summed E-state index contributed by atoms with van der Waals surface area (Å²) in [6, 6.07) is 0. The van der Waals surface area contributed by atoms with Crippen LogP contribution in [0.1, 0.15) is 0 Å². The smallest absolute Gasteiger partial charge is 0.323 e. The molecule has 0 aromatic rings. The lowest BCUT2D eigenvalue weighted by atomic mass is 10.3. The van der Waals surface area contributed by atoms with Gasteiger partial charge in [-0.15, -0.1) is 0 Å². The quantitative estimate of drug-likeness (QED) is 0.506. The highest BCUT2D eigenvalue weighted by atomic mass is 79.9. The molecule has 1 aliphatic rings. The Bertz CT molecular complexity index is 138. The third kappa shape index (κ3) is 1.28. The number of ether oxygens (including phenoxy) is 1. The van der Waals surface area contributed by atoms with Gasteiger partial charge in [0.25, 0.3) is 0 Å². The molecule has 0 unspecified atom stereocenters. The lowest BCUT2D eigenvalue weighted by Crippen LogP contribution is -2.19. The second-order valence-corrected chi connectivity index (χ2v) is 3.72. The maximum atomic E-state index is 10.5. The van der Waals surface area contributed by atoms with Crippen molar-refractivity contribution in [3.63, 3.8) is 0 Å². The van der Waals surface area contributed by atoms with E-state index in [1.165, 1.54) is 0 Å². The molecule has 0 radical (unpaired) electrons. The van der Waals surface area contributed by atoms with Crippen molar-refractivity contribution in [3.05, 3.63) is 0 Å². The van der Waals surface area contributed by atoms with Crippen LogP contribution in [-0.2, 0) is 9.53 Å². The summed E-state index contributed by atoms with van der Waals surface area (Å²) >= 11 is 6.09. The van der Waals surface area contributed by atoms with Crippen molar-refractivity contribution >= 4 is 37.8 Å². The summed E-state index contributed by atoms with van der Waals surface area (Å²) in [6.45, 7) is 0. The van der Waals surface area contributed by atoms with Crippen molar-refractivity contribution in [2.75, 3.05) is 0 Å². The fraction of sp³-hybridized carbons (Fsp3) is 0.750. The van der Waals surface area contributed by atoms with Crippen molar-refractivity contribution in [3.8, 4) is 0 Å². The zero-order chi connectivity index (χ0) is 7.02. The van der Waals surface area contributed by atoms with Gasteiger partial charge in [-0.25, -0.2) is 0 Å². The molecular weight excluding hydrogens is 256 g/mol. The van der Waals surface area contributed by atoms with Gasteiger partial charge in [-0.2, -0.15) is 0 Å². The molecule has 1 heterocycles. The van der Waals surface area contributed by atoms with Gasteiger partial charge in [-0.05, 0) is 0 Å². The summed E-state index contributed by atoms with van der Waals surface area (Å²) in [4.78, 5) is 9.78. The Morgan fingerprint density at radius 2 is 2.11 bits per heavy atom. The van der Waals surface area contributed by atoms with Crippen LogP contribution in [-0.4, -0.2) is 27.0 Å². The Morgan fingerprint density at radius 3 is 2.22 bits per heavy atom. The number of cyclic esters (lactones) is 1. The van der Waals surface area contributed by atoms with Gasteiger partial charge >= 0.3 is 5.97 Å². The molecule has 3 nitrogen and oxygen atoms in total. The zero-order valence-electron chi connectivity index (χ0n) is 4.25. The first-order valence-corrected chi connectivity index (χ1v) is 4.13. The molecule has 9 heavy (non-hydrogen) atoms. The van der Waals surface area contributed by atoms with Gasteiger partial charge in [0.05, 0.1) is 0 Å². The maximum Gasteiger partial charge on any atom is 0.323 e. The maximum absolute atomic E-state index is 10.5. The minimum absolute atomic E-state index is 0.329. The van der Waals surface area contributed by atoms with Crippen molar-refractivity contribution in [2.24, 2.45) is 0 Å². The Morgan fingerprint density at radius 1 is 1.56 bits per heavy atom. The molecular formula is C4H4Br2O3. The Balaban J connectivity index is 2.65. The highest BCUT2D eigenvalue weighted by molar-refractivity contribution is 9.12. The Labute approximate surface area is 68.6 Å². The number of aliphatic hydroxyl groups is 1. The molecule has 1 rings (SSSR count). The monoisotopic (exact) mass is 258 g/mol. The van der Waals surface area contributed by atoms with E-state index < -0.39 is 17.1 Å². The van der Waals surface area contributed by atoms with E-state index >= 15 is 0 Å². The molecule has 5 heteroatoms. The minimum atomic E-state index is -1.01. The van der Waals surface area contributed by atoms with Crippen molar-refractivity contribution in [1.29, 1.82) is 0 Å². The van der Waals surface area contributed by atoms with Gasteiger partial charge in [0, 0.05) is 0 Å². The zero-order valence-corrected chi connectivity index (χ0v) is 7.42. The summed E-state index contributed by atoms with van der Waals surface area (Å²) in [7, 11) is 0. The van der Waals surface area contributed by atoms with Crippen LogP contribution in [0.15, 0.2) is 0 Å². The molecule has 0 bridgehead atoms. The first-order chi connectivity index (χ1) is 4.13. The van der Waals surface area contributed by atoms with E-state index in [9.17, 15) is 4.79 Å². The molecule has 52 valence electrons. The highest BCUT2D eigenvalue weighted by Crippen LogP contribution is 2.26. The predicted octanol–water partition coefficient (Wildman–Crippen LogP) is 0.389. The summed E-state index contributed by atoms with van der Waals surface area (Å²) in [5, 5.41) is 8.82. The first kappa shape index (κ1) is 7.50. The normalized spacial score (nSPS) is 43.0. The Kier molecular flexibility index (Phi) is 2.13. The van der Waals surface area contributed by atoms with Gasteiger partial charge in [-0.3, -0.25) is 4.79 Å². The van der Waals surface area contributed by atoms with Gasteiger partial charge in [0.15, 0.2) is 0 Å². The molecule has 0 amide bonds. The summed E-state index contributed by atoms with van der Waals surface area (Å²) in [5.74, 6) is -0.427. The second-order valence-electron chi connectivity index (χ2n) is 1.67. The third-order valence-corrected chi connectivity index (χ3v) is 3.65. The van der Waals surface area contributed by atoms with Crippen LogP contribution in [0.5, 0.6) is 0 Å². The van der Waals surface area contributed by atoms with E-state index in [-0.39, 0.29) is 4.83 Å². The predicted molar refractivity (Wildman–Crippen MR) is 37.5 cm³/mol. The summed E-state index contributed by atoms with van der Waals surface area (Å²) in [6.07, 6.45) is -1.01. The minimum Gasteiger partial charge on any atom is -0.434 e. The van der Waals surface area contributed by atoms with E-state index in [2.05, 4.69) is 36.6 Å². The van der Waals surface area contributed by atoms with Crippen molar-refractivity contribution < 1.29 is 14.6 Å². The number of carbonyl (C=O) groups is 1. The van der Waals surface area contributed by atoms with Crippen molar-refractivity contribution in [2.45, 2.75) is 15.9 Å². The molecule has 1 fully saturated rings. The molecule has 0 aromatic heterocycles. The van der Waals surface area contributed by atoms with Gasteiger partial charge < -0.3 is 9.84 Å². The molecule has 3 atom stereocenters. The highest BCUT2D eigenvalue weighted by Gasteiger charge is 2.40. The van der Waals surface area contributed by atoms with Crippen LogP contribution < -0.4 is 0 Å². The van der Waals surface area contributed by atoms with E-state index in [0.29, 0.717) is 0 Å². The topological polar surface area (TPSA) is 46.5 Å². The fourth-order valence-corrected chi connectivity index (χ4v) is 1.22. The van der Waals surface area contributed by atoms with Crippen LogP contribution in [0.25, 0.3) is 0 Å². The van der Waals surface area contributed by atoms with Gasteiger partial charge in [0.2, 0.25) is 6.29 Å². The van der Waals surface area contributed by atoms with Gasteiger partial charge in [0.1, 0.15) is 9.65 Å². The molecule has 0 aromatic carbocycles.